The molecule has 30 heavy (non-hydrogen) atoms. The first-order valence-electron chi connectivity index (χ1n) is 12.9. The van der Waals surface area contributed by atoms with E-state index in [9.17, 15) is 0 Å². The third-order valence-electron chi connectivity index (χ3n) is 6.27. The predicted molar refractivity (Wildman–Crippen MR) is 129 cm³/mol. The van der Waals surface area contributed by atoms with Crippen LogP contribution in [0.2, 0.25) is 0 Å². The second-order valence-electron chi connectivity index (χ2n) is 9.41. The Morgan fingerprint density at radius 2 is 1.33 bits per heavy atom. The number of ether oxygens (including phenoxy) is 1. The molecule has 0 aromatic carbocycles. The Morgan fingerprint density at radius 1 is 0.800 bits per heavy atom. The molecule has 0 bridgehead atoms. The third kappa shape index (κ3) is 10.6. The van der Waals surface area contributed by atoms with Crippen LogP contribution in [0.15, 0.2) is 6.07 Å². The third-order valence-corrected chi connectivity index (χ3v) is 6.27. The van der Waals surface area contributed by atoms with Crippen molar-refractivity contribution in [3.8, 4) is 5.88 Å². The van der Waals surface area contributed by atoms with Crippen LogP contribution in [0.25, 0.3) is 0 Å². The van der Waals surface area contributed by atoms with Crippen LogP contribution in [0.3, 0.4) is 0 Å². The first-order chi connectivity index (χ1) is 14.7. The highest BCUT2D eigenvalue weighted by atomic mass is 16.5. The predicted octanol–water partition coefficient (Wildman–Crippen LogP) is 7.50. The van der Waals surface area contributed by atoms with Gasteiger partial charge < -0.3 is 9.64 Å². The molecule has 0 saturated heterocycles. The number of rotatable bonds is 18. The number of hydrogen-bond acceptors (Lipinski definition) is 4. The van der Waals surface area contributed by atoms with Gasteiger partial charge in [-0.2, -0.15) is 4.98 Å². The second-order valence-corrected chi connectivity index (χ2v) is 9.41. The van der Waals surface area contributed by atoms with Crippen molar-refractivity contribution in [2.75, 3.05) is 19.0 Å². The topological polar surface area (TPSA) is 38.2 Å². The molecule has 1 saturated carbocycles. The van der Waals surface area contributed by atoms with Crippen LogP contribution in [0.5, 0.6) is 5.88 Å². The quantitative estimate of drug-likeness (QED) is 0.232. The minimum Gasteiger partial charge on any atom is -0.474 e. The molecule has 1 aromatic rings. The molecule has 0 spiro atoms. The summed E-state index contributed by atoms with van der Waals surface area (Å²) in [6.07, 6.45) is 24.5. The summed E-state index contributed by atoms with van der Waals surface area (Å²) in [4.78, 5) is 11.3. The lowest BCUT2D eigenvalue weighted by Crippen LogP contribution is -2.25. The molecule has 1 fully saturated rings. The maximum absolute atomic E-state index is 6.03. The van der Waals surface area contributed by atoms with Crippen molar-refractivity contribution < 1.29 is 4.74 Å². The van der Waals surface area contributed by atoms with Gasteiger partial charge in [0.05, 0.1) is 0 Å². The van der Waals surface area contributed by atoms with E-state index in [-0.39, 0.29) is 0 Å². The number of unbranched alkanes of at least 4 members (excludes halogenated alkanes) is 13. The number of nitrogens with zero attached hydrogens (tertiary/aromatic N) is 3. The van der Waals surface area contributed by atoms with Crippen LogP contribution >= 0.6 is 0 Å². The van der Waals surface area contributed by atoms with Gasteiger partial charge in [-0.3, -0.25) is 0 Å². The lowest BCUT2D eigenvalue weighted by Gasteiger charge is -2.26. The molecular weight excluding hydrogens is 370 g/mol. The fraction of sp³-hybridized carbons (Fsp3) is 0.846. The van der Waals surface area contributed by atoms with Crippen LogP contribution in [-0.2, 0) is 6.42 Å². The highest BCUT2D eigenvalue weighted by molar-refractivity contribution is 5.32. The zero-order valence-corrected chi connectivity index (χ0v) is 20.1. The summed E-state index contributed by atoms with van der Waals surface area (Å²) in [6, 6.07) is 2.06. The molecule has 172 valence electrons. The van der Waals surface area contributed by atoms with Crippen molar-refractivity contribution in [3.63, 3.8) is 0 Å². The van der Waals surface area contributed by atoms with Gasteiger partial charge in [0.2, 0.25) is 11.8 Å². The van der Waals surface area contributed by atoms with Crippen LogP contribution in [-0.4, -0.2) is 30.2 Å². The molecule has 0 unspecified atom stereocenters. The fourth-order valence-electron chi connectivity index (χ4n) is 4.01. The summed E-state index contributed by atoms with van der Waals surface area (Å²) in [5.74, 6) is 1.53. The summed E-state index contributed by atoms with van der Waals surface area (Å²) in [6.45, 7) is 2.29. The minimum atomic E-state index is 0.365. The van der Waals surface area contributed by atoms with E-state index in [4.69, 9.17) is 9.72 Å². The maximum Gasteiger partial charge on any atom is 0.228 e. The van der Waals surface area contributed by atoms with Gasteiger partial charge in [0.1, 0.15) is 6.10 Å². The second kappa shape index (κ2) is 15.5. The molecule has 1 aromatic heterocycles. The fourth-order valence-corrected chi connectivity index (χ4v) is 4.01. The van der Waals surface area contributed by atoms with E-state index < -0.39 is 0 Å². The number of aryl methyl sites for hydroxylation is 1. The first kappa shape index (κ1) is 24.9. The molecule has 4 heteroatoms. The minimum absolute atomic E-state index is 0.365. The lowest BCUT2D eigenvalue weighted by molar-refractivity contribution is 0.114. The Morgan fingerprint density at radius 3 is 1.80 bits per heavy atom. The Labute approximate surface area is 186 Å². The van der Waals surface area contributed by atoms with E-state index in [0.29, 0.717) is 6.10 Å². The van der Waals surface area contributed by atoms with E-state index in [2.05, 4.69) is 18.0 Å². The van der Waals surface area contributed by atoms with E-state index in [1.165, 1.54) is 96.3 Å². The van der Waals surface area contributed by atoms with Crippen LogP contribution in [0, 0.1) is 0 Å². The molecule has 0 radical (unpaired) electrons. The molecular formula is C26H47N3O. The Bertz CT molecular complexity index is 557. The molecule has 0 amide bonds. The van der Waals surface area contributed by atoms with Gasteiger partial charge in [-0.1, -0.05) is 90.4 Å². The number of hydrogen-bond donors (Lipinski definition) is 0. The molecule has 0 atom stereocenters. The lowest BCUT2D eigenvalue weighted by atomic mass is 9.96. The van der Waals surface area contributed by atoms with Gasteiger partial charge in [-0.15, -0.1) is 0 Å². The normalized spacial score (nSPS) is 14.0. The summed E-state index contributed by atoms with van der Waals surface area (Å²) in [7, 11) is 4.00. The molecule has 4 nitrogen and oxygen atoms in total. The van der Waals surface area contributed by atoms with Gasteiger partial charge in [-0.05, 0) is 32.1 Å². The average Bonchev–Trinajstić information content (AvgIpc) is 2.71. The molecule has 1 aliphatic rings. The first-order valence-corrected chi connectivity index (χ1v) is 12.9. The Balaban J connectivity index is 1.51. The van der Waals surface area contributed by atoms with E-state index in [0.717, 1.165) is 36.8 Å². The average molecular weight is 418 g/mol. The van der Waals surface area contributed by atoms with Crippen molar-refractivity contribution in [1.82, 2.24) is 9.97 Å². The molecule has 1 heterocycles. The smallest absolute Gasteiger partial charge is 0.228 e. The van der Waals surface area contributed by atoms with E-state index in [1.54, 1.807) is 0 Å². The van der Waals surface area contributed by atoms with Crippen LogP contribution in [0.1, 0.15) is 122 Å². The van der Waals surface area contributed by atoms with Crippen molar-refractivity contribution >= 4 is 5.95 Å². The monoisotopic (exact) mass is 417 g/mol. The summed E-state index contributed by atoms with van der Waals surface area (Å²) in [5, 5.41) is 0. The Hall–Kier alpha value is -1.32. The summed E-state index contributed by atoms with van der Waals surface area (Å²) < 4.78 is 6.03. The molecule has 2 rings (SSSR count). The zero-order chi connectivity index (χ0) is 21.4. The standard InChI is InChI=1S/C26H47N3O/c1-4-5-6-7-8-9-10-11-12-13-14-15-16-17-19-23-22-25(30-24-20-18-21-24)28-26(27-23)29(2)3/h22,24H,4-21H2,1-3H3. The molecule has 0 N–H and O–H groups in total. The van der Waals surface area contributed by atoms with Crippen LogP contribution < -0.4 is 9.64 Å². The van der Waals surface area contributed by atoms with E-state index >= 15 is 0 Å². The number of aromatic nitrogens is 2. The summed E-state index contributed by atoms with van der Waals surface area (Å²) in [5.41, 5.74) is 1.13. The van der Waals surface area contributed by atoms with Gasteiger partial charge in [-0.25, -0.2) is 4.98 Å². The molecule has 0 aliphatic heterocycles. The highest BCUT2D eigenvalue weighted by Crippen LogP contribution is 2.25. The maximum atomic E-state index is 6.03. The Kier molecular flexibility index (Phi) is 12.9. The highest BCUT2D eigenvalue weighted by Gasteiger charge is 2.20. The summed E-state index contributed by atoms with van der Waals surface area (Å²) >= 11 is 0. The van der Waals surface area contributed by atoms with Crippen molar-refractivity contribution in [3.05, 3.63) is 11.8 Å². The van der Waals surface area contributed by atoms with Crippen LogP contribution in [0.4, 0.5) is 5.95 Å². The SMILES string of the molecule is CCCCCCCCCCCCCCCCc1cc(OC2CCC2)nc(N(C)C)n1. The van der Waals surface area contributed by atoms with Crippen molar-refractivity contribution in [2.24, 2.45) is 0 Å². The zero-order valence-electron chi connectivity index (χ0n) is 20.1. The van der Waals surface area contributed by atoms with Crippen molar-refractivity contribution in [2.45, 2.75) is 129 Å². The van der Waals surface area contributed by atoms with Gasteiger partial charge in [0.25, 0.3) is 0 Å². The van der Waals surface area contributed by atoms with Gasteiger partial charge in [0.15, 0.2) is 0 Å². The van der Waals surface area contributed by atoms with Gasteiger partial charge in [0, 0.05) is 25.9 Å². The number of anilines is 1. The van der Waals surface area contributed by atoms with Crippen molar-refractivity contribution in [1.29, 1.82) is 0 Å². The largest absolute Gasteiger partial charge is 0.474 e. The van der Waals surface area contributed by atoms with E-state index in [1.807, 2.05) is 19.0 Å². The molecule has 1 aliphatic carbocycles. The van der Waals surface area contributed by atoms with Gasteiger partial charge >= 0.3 is 0 Å².